The number of methoxy groups -OCH3 is 1. The maximum Gasteiger partial charge on any atom is 0.0402 e. The van der Waals surface area contributed by atoms with Gasteiger partial charge in [-0.25, -0.2) is 0 Å². The van der Waals surface area contributed by atoms with Crippen molar-refractivity contribution in [1.29, 1.82) is 0 Å². The zero-order valence-corrected chi connectivity index (χ0v) is 11.4. The first-order chi connectivity index (χ1) is 7.07. The van der Waals surface area contributed by atoms with Crippen LogP contribution in [0.15, 0.2) is 38.0 Å². The molecule has 0 atom stereocenters. The molecule has 0 fully saturated rings. The highest BCUT2D eigenvalue weighted by molar-refractivity contribution is 4.52. The Labute approximate surface area is 97.0 Å². The first kappa shape index (κ1) is 29.2. The van der Waals surface area contributed by atoms with Gasteiger partial charge >= 0.3 is 0 Å². The Morgan fingerprint density at radius 3 is 0.933 bits per heavy atom. The number of hydrogen-bond acceptors (Lipinski definition) is 2. The molecule has 0 rings (SSSR count). The first-order valence-corrected chi connectivity index (χ1v) is 4.80. The van der Waals surface area contributed by atoms with Gasteiger partial charge in [-0.15, -0.1) is 19.7 Å². The minimum Gasteiger partial charge on any atom is -0.397 e. The molecule has 0 saturated heterocycles. The van der Waals surface area contributed by atoms with E-state index in [1.807, 2.05) is 20.8 Å². The van der Waals surface area contributed by atoms with E-state index in [9.17, 15) is 0 Å². The second kappa shape index (κ2) is 113. The van der Waals surface area contributed by atoms with Gasteiger partial charge in [0.25, 0.3) is 0 Å². The lowest BCUT2D eigenvalue weighted by molar-refractivity contribution is 0.277. The molecule has 0 spiro atoms. The van der Waals surface area contributed by atoms with Gasteiger partial charge in [-0.2, -0.15) is 0 Å². The number of rotatable bonds is 0. The van der Waals surface area contributed by atoms with Gasteiger partial charge in [0.2, 0.25) is 0 Å². The summed E-state index contributed by atoms with van der Waals surface area (Å²) in [5.74, 6) is 0. The molecule has 0 aromatic rings. The fourth-order valence-corrected chi connectivity index (χ4v) is 0. The van der Waals surface area contributed by atoms with Crippen LogP contribution in [0.3, 0.4) is 0 Å². The molecular formula is C13H30O2. The molecule has 0 aliphatic carbocycles. The Hall–Kier alpha value is -0.860. The van der Waals surface area contributed by atoms with Crippen LogP contribution in [0, 0.1) is 0 Å². The molecule has 0 aliphatic heterocycles. The second-order valence-corrected chi connectivity index (χ2v) is 1.95. The monoisotopic (exact) mass is 218 g/mol. The quantitative estimate of drug-likeness (QED) is 0.626. The summed E-state index contributed by atoms with van der Waals surface area (Å²) in [6.07, 6.45) is 5.25. The number of ether oxygens (including phenoxy) is 1. The van der Waals surface area contributed by atoms with Gasteiger partial charge in [0.05, 0.1) is 0 Å². The summed E-state index contributed by atoms with van der Waals surface area (Å²) in [5, 5.41) is 7.57. The third-order valence-electron chi connectivity index (χ3n) is 0. The average Bonchev–Trinajstić information content (AvgIpc) is 2.09. The van der Waals surface area contributed by atoms with Crippen molar-refractivity contribution >= 4 is 0 Å². The molecule has 0 radical (unpaired) electrons. The minimum atomic E-state index is 0.250. The van der Waals surface area contributed by atoms with Crippen molar-refractivity contribution in [2.45, 2.75) is 27.7 Å². The molecule has 15 heavy (non-hydrogen) atoms. The molecule has 1 N–H and O–H groups in total. The zero-order valence-electron chi connectivity index (χ0n) is 11.4. The maximum atomic E-state index is 7.57. The lowest BCUT2D eigenvalue weighted by atomic mass is 10.8. The van der Waals surface area contributed by atoms with Crippen LogP contribution >= 0.6 is 0 Å². The highest BCUT2D eigenvalue weighted by atomic mass is 16.4. The van der Waals surface area contributed by atoms with Crippen LogP contribution in [0.4, 0.5) is 0 Å². The third-order valence-corrected chi connectivity index (χ3v) is 0. The largest absolute Gasteiger partial charge is 0.397 e. The fourth-order valence-electron chi connectivity index (χ4n) is 0. The maximum absolute atomic E-state index is 7.57. The number of aliphatic hydroxyl groups is 1. The van der Waals surface area contributed by atoms with Crippen LogP contribution in [0.1, 0.15) is 27.7 Å². The lowest BCUT2D eigenvalue weighted by Crippen LogP contribution is -1.57. The van der Waals surface area contributed by atoms with E-state index in [0.29, 0.717) is 0 Å². The Morgan fingerprint density at radius 2 is 0.933 bits per heavy atom. The summed E-state index contributed by atoms with van der Waals surface area (Å²) >= 11 is 0. The van der Waals surface area contributed by atoms with Crippen molar-refractivity contribution in [3.63, 3.8) is 0 Å². The highest BCUT2D eigenvalue weighted by Gasteiger charge is 1.34. The van der Waals surface area contributed by atoms with E-state index in [4.69, 9.17) is 5.11 Å². The summed E-state index contributed by atoms with van der Waals surface area (Å²) in [6, 6.07) is 0. The summed E-state index contributed by atoms with van der Waals surface area (Å²) < 4.78 is 4.25. The van der Waals surface area contributed by atoms with Crippen molar-refractivity contribution in [2.75, 3.05) is 20.8 Å². The summed E-state index contributed by atoms with van der Waals surface area (Å²) in [4.78, 5) is 0. The van der Waals surface area contributed by atoms with Crippen LogP contribution in [0.25, 0.3) is 0 Å². The van der Waals surface area contributed by atoms with Crippen molar-refractivity contribution < 1.29 is 9.84 Å². The molecule has 0 saturated carbocycles. The third kappa shape index (κ3) is 2200. The van der Waals surface area contributed by atoms with E-state index in [1.165, 1.54) is 0 Å². The molecule has 94 valence electrons. The predicted octanol–water partition coefficient (Wildman–Crippen LogP) is 3.84. The van der Waals surface area contributed by atoms with Gasteiger partial charge in [-0.3, -0.25) is 0 Å². The van der Waals surface area contributed by atoms with E-state index in [-0.39, 0.29) is 6.61 Å². The molecule has 0 unspecified atom stereocenters. The summed E-state index contributed by atoms with van der Waals surface area (Å²) in [5.41, 5.74) is 0. The van der Waals surface area contributed by atoms with Crippen molar-refractivity contribution in [3.8, 4) is 0 Å². The van der Waals surface area contributed by atoms with E-state index in [1.54, 1.807) is 39.4 Å². The van der Waals surface area contributed by atoms with Crippen LogP contribution in [0.5, 0.6) is 0 Å². The Bertz CT molecular complexity index is 62.3. The minimum absolute atomic E-state index is 0.250. The molecule has 0 aliphatic rings. The Balaban J connectivity index is -0.0000000278. The van der Waals surface area contributed by atoms with Crippen LogP contribution < -0.4 is 0 Å². The van der Waals surface area contributed by atoms with Crippen LogP contribution in [-0.2, 0) is 4.74 Å². The average molecular weight is 218 g/mol. The molecule has 0 aromatic heterocycles. The van der Waals surface area contributed by atoms with Gasteiger partial charge in [-0.05, 0) is 27.7 Å². The van der Waals surface area contributed by atoms with E-state index < -0.39 is 0 Å². The van der Waals surface area contributed by atoms with E-state index in [0.717, 1.165) is 0 Å². The van der Waals surface area contributed by atoms with Gasteiger partial charge < -0.3 is 9.84 Å². The fraction of sp³-hybridized carbons (Fsp3) is 0.538. The van der Waals surface area contributed by atoms with Crippen LogP contribution in [0.2, 0.25) is 0 Å². The van der Waals surface area contributed by atoms with Gasteiger partial charge in [0.1, 0.15) is 0 Å². The van der Waals surface area contributed by atoms with Gasteiger partial charge in [-0.1, -0.05) is 18.2 Å². The smallest absolute Gasteiger partial charge is 0.0402 e. The molecular weight excluding hydrogens is 188 g/mol. The highest BCUT2D eigenvalue weighted by Crippen LogP contribution is 1.38. The van der Waals surface area contributed by atoms with Crippen molar-refractivity contribution in [3.05, 3.63) is 38.0 Å². The zero-order chi connectivity index (χ0) is 13.5. The van der Waals surface area contributed by atoms with Crippen molar-refractivity contribution in [2.24, 2.45) is 0 Å². The molecule has 0 bridgehead atoms. The molecule has 2 heteroatoms. The number of hydrogen-bond donors (Lipinski definition) is 1. The second-order valence-electron chi connectivity index (χ2n) is 1.95. The lowest BCUT2D eigenvalue weighted by Gasteiger charge is -1.61. The summed E-state index contributed by atoms with van der Waals surface area (Å²) in [6.45, 7) is 17.7. The number of aliphatic hydroxyl groups excluding tert-OH is 1. The topological polar surface area (TPSA) is 29.5 Å². The molecule has 2 nitrogen and oxygen atoms in total. The van der Waals surface area contributed by atoms with Gasteiger partial charge in [0.15, 0.2) is 0 Å². The van der Waals surface area contributed by atoms with E-state index in [2.05, 4.69) is 24.5 Å². The van der Waals surface area contributed by atoms with Gasteiger partial charge in [0, 0.05) is 20.8 Å². The Kier molecular flexibility index (Phi) is 220. The summed E-state index contributed by atoms with van der Waals surface area (Å²) in [7, 11) is 3.25. The van der Waals surface area contributed by atoms with Crippen LogP contribution in [-0.4, -0.2) is 25.9 Å². The molecule has 0 heterocycles. The number of allylic oxidation sites excluding steroid dienone is 3. The molecule has 0 amide bonds. The normalized spacial score (nSPS) is 5.00. The Morgan fingerprint density at radius 1 is 0.933 bits per heavy atom. The molecule has 0 aromatic carbocycles. The SMILES string of the molecule is C=CC.C=CC.C=CC.CCO.COC. The standard InChI is InChI=1S/3C3H6.2C2H6O/c4*1-3-2;1-2-3/h3*3H,1H2,2H3;1-2H3;3H,2H2,1H3. The van der Waals surface area contributed by atoms with E-state index >= 15 is 0 Å². The predicted molar refractivity (Wildman–Crippen MR) is 73.3 cm³/mol. The van der Waals surface area contributed by atoms with Crippen molar-refractivity contribution in [1.82, 2.24) is 0 Å². The first-order valence-electron chi connectivity index (χ1n) is 4.80.